The van der Waals surface area contributed by atoms with Gasteiger partial charge in [-0.05, 0) is 30.2 Å². The van der Waals surface area contributed by atoms with Crippen molar-refractivity contribution in [2.24, 2.45) is 0 Å². The van der Waals surface area contributed by atoms with Crippen LogP contribution in [0.15, 0.2) is 24.3 Å². The van der Waals surface area contributed by atoms with Crippen LogP contribution >= 0.6 is 11.6 Å². The summed E-state index contributed by atoms with van der Waals surface area (Å²) in [4.78, 5) is 12.1. The monoisotopic (exact) mass is 249 g/mol. The molecule has 0 bridgehead atoms. The lowest BCUT2D eigenvalue weighted by atomic mass is 10.2. The summed E-state index contributed by atoms with van der Waals surface area (Å²) in [5.74, 6) is 0.852. The van der Waals surface area contributed by atoms with Crippen molar-refractivity contribution in [3.05, 3.63) is 35.1 Å². The Kier molecular flexibility index (Phi) is 3.39. The smallest absolute Gasteiger partial charge is 0.233 e. The number of nitrogens with one attached hydrogen (secondary N) is 2. The molecule has 0 aliphatic heterocycles. The van der Waals surface area contributed by atoms with Crippen molar-refractivity contribution in [1.82, 2.24) is 15.0 Å². The van der Waals surface area contributed by atoms with Crippen LogP contribution in [0.25, 0.3) is 0 Å². The van der Waals surface area contributed by atoms with E-state index in [9.17, 15) is 0 Å². The molecule has 0 fully saturated rings. The molecule has 1 heterocycles. The van der Waals surface area contributed by atoms with E-state index in [-0.39, 0.29) is 5.28 Å². The number of hydrogen-bond acceptors (Lipinski definition) is 5. The molecule has 1 aromatic carbocycles. The van der Waals surface area contributed by atoms with Gasteiger partial charge in [0.1, 0.15) is 0 Å². The third-order valence-electron chi connectivity index (χ3n) is 2.22. The Hall–Kier alpha value is -1.88. The molecule has 6 heteroatoms. The molecular formula is C11H12ClN5. The van der Waals surface area contributed by atoms with Gasteiger partial charge in [0, 0.05) is 12.7 Å². The summed E-state index contributed by atoms with van der Waals surface area (Å²) < 4.78 is 0. The highest BCUT2D eigenvalue weighted by molar-refractivity contribution is 6.28. The number of halogens is 1. The van der Waals surface area contributed by atoms with Crippen molar-refractivity contribution in [3.8, 4) is 0 Å². The molecule has 0 radical (unpaired) electrons. The fraction of sp³-hybridized carbons (Fsp3) is 0.182. The first-order valence-corrected chi connectivity index (χ1v) is 5.49. The fourth-order valence-electron chi connectivity index (χ4n) is 1.35. The molecule has 0 atom stereocenters. The second-order valence-electron chi connectivity index (χ2n) is 3.44. The normalized spacial score (nSPS) is 10.1. The highest BCUT2D eigenvalue weighted by Crippen LogP contribution is 2.18. The summed E-state index contributed by atoms with van der Waals surface area (Å²) in [6, 6.07) is 7.87. The van der Waals surface area contributed by atoms with Gasteiger partial charge in [-0.15, -0.1) is 0 Å². The minimum absolute atomic E-state index is 0.153. The van der Waals surface area contributed by atoms with Crippen LogP contribution < -0.4 is 10.6 Å². The molecule has 0 spiro atoms. The summed E-state index contributed by atoms with van der Waals surface area (Å²) in [5.41, 5.74) is 2.05. The number of para-hydroxylation sites is 1. The third-order valence-corrected chi connectivity index (χ3v) is 2.39. The van der Waals surface area contributed by atoms with Gasteiger partial charge in [-0.25, -0.2) is 0 Å². The quantitative estimate of drug-likeness (QED) is 0.876. The molecule has 0 aliphatic carbocycles. The second-order valence-corrected chi connectivity index (χ2v) is 3.78. The molecule has 0 saturated carbocycles. The number of aromatic nitrogens is 3. The standard InChI is InChI=1S/C11H12ClN5/c1-7-5-3-4-6-8(7)14-11-16-9(12)15-10(13-2)17-11/h3-6H,1-2H3,(H2,13,14,15,16,17). The largest absolute Gasteiger partial charge is 0.357 e. The van der Waals surface area contributed by atoms with Gasteiger partial charge in [0.15, 0.2) is 0 Å². The Labute approximate surface area is 104 Å². The molecule has 0 unspecified atom stereocenters. The van der Waals surface area contributed by atoms with Crippen LogP contribution in [0.2, 0.25) is 5.28 Å². The molecule has 0 saturated heterocycles. The van der Waals surface area contributed by atoms with Gasteiger partial charge < -0.3 is 10.6 Å². The van der Waals surface area contributed by atoms with E-state index >= 15 is 0 Å². The van der Waals surface area contributed by atoms with Gasteiger partial charge in [0.25, 0.3) is 0 Å². The first kappa shape index (κ1) is 11.6. The minimum atomic E-state index is 0.153. The van der Waals surface area contributed by atoms with Crippen molar-refractivity contribution in [3.63, 3.8) is 0 Å². The molecule has 5 nitrogen and oxygen atoms in total. The van der Waals surface area contributed by atoms with E-state index in [0.29, 0.717) is 11.9 Å². The van der Waals surface area contributed by atoms with E-state index in [4.69, 9.17) is 11.6 Å². The molecular weight excluding hydrogens is 238 g/mol. The lowest BCUT2D eigenvalue weighted by Crippen LogP contribution is -2.04. The number of anilines is 3. The van der Waals surface area contributed by atoms with Gasteiger partial charge >= 0.3 is 0 Å². The molecule has 2 rings (SSSR count). The highest BCUT2D eigenvalue weighted by Gasteiger charge is 2.05. The number of hydrogen-bond donors (Lipinski definition) is 2. The second kappa shape index (κ2) is 4.97. The molecule has 2 aromatic rings. The Balaban J connectivity index is 2.30. The lowest BCUT2D eigenvalue weighted by Gasteiger charge is -2.08. The Morgan fingerprint density at radius 2 is 1.76 bits per heavy atom. The summed E-state index contributed by atoms with van der Waals surface area (Å²) >= 11 is 5.79. The Morgan fingerprint density at radius 3 is 2.47 bits per heavy atom. The first-order valence-electron chi connectivity index (χ1n) is 5.11. The van der Waals surface area contributed by atoms with Crippen molar-refractivity contribution >= 4 is 29.2 Å². The summed E-state index contributed by atoms with van der Waals surface area (Å²) in [5, 5.41) is 6.08. The molecule has 88 valence electrons. The summed E-state index contributed by atoms with van der Waals surface area (Å²) in [6.07, 6.45) is 0. The van der Waals surface area contributed by atoms with Gasteiger partial charge in [-0.2, -0.15) is 15.0 Å². The van der Waals surface area contributed by atoms with Crippen molar-refractivity contribution in [2.75, 3.05) is 17.7 Å². The van der Waals surface area contributed by atoms with Crippen LogP contribution in [-0.2, 0) is 0 Å². The van der Waals surface area contributed by atoms with Gasteiger partial charge in [0.2, 0.25) is 17.2 Å². The number of nitrogens with zero attached hydrogens (tertiary/aromatic N) is 3. The molecule has 0 amide bonds. The molecule has 1 aromatic heterocycles. The van der Waals surface area contributed by atoms with Gasteiger partial charge in [-0.1, -0.05) is 18.2 Å². The average molecular weight is 250 g/mol. The van der Waals surface area contributed by atoms with Crippen molar-refractivity contribution < 1.29 is 0 Å². The summed E-state index contributed by atoms with van der Waals surface area (Å²) in [6.45, 7) is 2.00. The van der Waals surface area contributed by atoms with E-state index in [0.717, 1.165) is 11.3 Å². The average Bonchev–Trinajstić information content (AvgIpc) is 2.31. The van der Waals surface area contributed by atoms with Crippen LogP contribution in [0.1, 0.15) is 5.56 Å². The van der Waals surface area contributed by atoms with Crippen LogP contribution in [0.4, 0.5) is 17.6 Å². The van der Waals surface area contributed by atoms with E-state index in [2.05, 4.69) is 25.6 Å². The van der Waals surface area contributed by atoms with Crippen LogP contribution in [0, 0.1) is 6.92 Å². The predicted molar refractivity (Wildman–Crippen MR) is 68.8 cm³/mol. The van der Waals surface area contributed by atoms with Crippen LogP contribution in [0.5, 0.6) is 0 Å². The topological polar surface area (TPSA) is 62.7 Å². The van der Waals surface area contributed by atoms with E-state index in [1.165, 1.54) is 0 Å². The van der Waals surface area contributed by atoms with E-state index in [1.807, 2.05) is 31.2 Å². The first-order chi connectivity index (χ1) is 8.19. The lowest BCUT2D eigenvalue weighted by molar-refractivity contribution is 1.05. The Bertz CT molecular complexity index is 529. The third kappa shape index (κ3) is 2.82. The van der Waals surface area contributed by atoms with E-state index in [1.54, 1.807) is 7.05 Å². The maximum absolute atomic E-state index is 5.79. The maximum Gasteiger partial charge on any atom is 0.233 e. The van der Waals surface area contributed by atoms with Gasteiger partial charge in [-0.3, -0.25) is 0 Å². The van der Waals surface area contributed by atoms with E-state index < -0.39 is 0 Å². The maximum atomic E-state index is 5.79. The number of rotatable bonds is 3. The molecule has 0 aliphatic rings. The van der Waals surface area contributed by atoms with Crippen LogP contribution in [-0.4, -0.2) is 22.0 Å². The predicted octanol–water partition coefficient (Wildman–Crippen LogP) is 2.62. The van der Waals surface area contributed by atoms with Crippen LogP contribution in [0.3, 0.4) is 0 Å². The van der Waals surface area contributed by atoms with Crippen molar-refractivity contribution in [2.45, 2.75) is 6.92 Å². The zero-order valence-electron chi connectivity index (χ0n) is 9.53. The minimum Gasteiger partial charge on any atom is -0.357 e. The number of benzene rings is 1. The summed E-state index contributed by atoms with van der Waals surface area (Å²) in [7, 11) is 1.73. The zero-order valence-corrected chi connectivity index (χ0v) is 10.3. The molecule has 2 N–H and O–H groups in total. The van der Waals surface area contributed by atoms with Gasteiger partial charge in [0.05, 0.1) is 0 Å². The Morgan fingerprint density at radius 1 is 1.06 bits per heavy atom. The molecule has 17 heavy (non-hydrogen) atoms. The zero-order chi connectivity index (χ0) is 12.3. The number of aryl methyl sites for hydroxylation is 1. The highest BCUT2D eigenvalue weighted by atomic mass is 35.5. The van der Waals surface area contributed by atoms with Crippen molar-refractivity contribution in [1.29, 1.82) is 0 Å². The fourth-order valence-corrected chi connectivity index (χ4v) is 1.51. The SMILES string of the molecule is CNc1nc(Cl)nc(Nc2ccccc2C)n1.